The molecular weight excluding hydrogens is 494 g/mol. The van der Waals surface area contributed by atoms with Gasteiger partial charge in [0.2, 0.25) is 0 Å². The van der Waals surface area contributed by atoms with Crippen LogP contribution < -0.4 is 15.0 Å². The molecule has 4 aromatic rings. The molecule has 0 saturated heterocycles. The van der Waals surface area contributed by atoms with Crippen molar-refractivity contribution in [3.05, 3.63) is 69.7 Å². The molecule has 0 saturated carbocycles. The Hall–Kier alpha value is -3.39. The van der Waals surface area contributed by atoms with Crippen LogP contribution in [0.4, 0.5) is 11.4 Å². The van der Waals surface area contributed by atoms with Crippen LogP contribution in [0.15, 0.2) is 53.0 Å². The Kier molecular flexibility index (Phi) is 6.88. The fourth-order valence-electron chi connectivity index (χ4n) is 4.06. The monoisotopic (exact) mass is 521 g/mol. The number of carbonyl (C=O) groups excluding carboxylic acids is 1. The summed E-state index contributed by atoms with van der Waals surface area (Å²) in [5.74, 6) is 0.307. The number of benzene rings is 3. The van der Waals surface area contributed by atoms with E-state index in [0.29, 0.717) is 22.5 Å². The van der Waals surface area contributed by atoms with Gasteiger partial charge >= 0.3 is 0 Å². The van der Waals surface area contributed by atoms with Crippen molar-refractivity contribution in [1.82, 2.24) is 15.0 Å². The first kappa shape index (κ1) is 23.8. The number of hydrogen-bond acceptors (Lipinski definition) is 5. The van der Waals surface area contributed by atoms with Crippen molar-refractivity contribution < 1.29 is 9.53 Å². The molecule has 176 valence electrons. The summed E-state index contributed by atoms with van der Waals surface area (Å²) in [6.07, 6.45) is 0. The van der Waals surface area contributed by atoms with Gasteiger partial charge in [0.05, 0.1) is 18.4 Å². The molecule has 0 fully saturated rings. The van der Waals surface area contributed by atoms with Gasteiger partial charge in [-0.05, 0) is 87.4 Å². The van der Waals surface area contributed by atoms with Gasteiger partial charge in [0.1, 0.15) is 16.8 Å². The first-order valence-corrected chi connectivity index (χ1v) is 12.0. The van der Waals surface area contributed by atoms with Crippen molar-refractivity contribution in [1.29, 1.82) is 0 Å². The minimum Gasteiger partial charge on any atom is -0.496 e. The number of amides is 1. The fourth-order valence-corrected chi connectivity index (χ4v) is 4.64. The fraction of sp³-hybridized carbons (Fsp3) is 0.269. The maximum atomic E-state index is 13.1. The van der Waals surface area contributed by atoms with Gasteiger partial charge in [0.15, 0.2) is 0 Å². The van der Waals surface area contributed by atoms with E-state index >= 15 is 0 Å². The van der Waals surface area contributed by atoms with E-state index in [9.17, 15) is 4.79 Å². The largest absolute Gasteiger partial charge is 0.496 e. The third kappa shape index (κ3) is 4.63. The van der Waals surface area contributed by atoms with E-state index in [-0.39, 0.29) is 5.91 Å². The number of hydrogen-bond donors (Lipinski definition) is 1. The first-order valence-electron chi connectivity index (χ1n) is 11.2. The van der Waals surface area contributed by atoms with Crippen LogP contribution in [0.25, 0.3) is 16.7 Å². The average Bonchev–Trinajstić information content (AvgIpc) is 3.22. The Morgan fingerprint density at radius 1 is 1.00 bits per heavy atom. The Labute approximate surface area is 207 Å². The number of halogens is 1. The predicted molar refractivity (Wildman–Crippen MR) is 141 cm³/mol. The minimum atomic E-state index is -0.247. The zero-order valence-corrected chi connectivity index (χ0v) is 21.6. The van der Waals surface area contributed by atoms with Gasteiger partial charge in [0.25, 0.3) is 5.91 Å². The van der Waals surface area contributed by atoms with Gasteiger partial charge in [-0.25, -0.2) is 0 Å². The van der Waals surface area contributed by atoms with E-state index in [1.807, 2.05) is 44.2 Å². The van der Waals surface area contributed by atoms with Crippen LogP contribution in [0, 0.1) is 13.8 Å². The maximum Gasteiger partial charge on any atom is 0.259 e. The number of ether oxygens (including phenoxy) is 1. The second-order valence-corrected chi connectivity index (χ2v) is 9.01. The molecule has 3 aromatic carbocycles. The van der Waals surface area contributed by atoms with Gasteiger partial charge in [-0.15, -0.1) is 10.2 Å². The van der Waals surface area contributed by atoms with Gasteiger partial charge in [-0.2, -0.15) is 4.80 Å². The highest BCUT2D eigenvalue weighted by molar-refractivity contribution is 9.10. The zero-order chi connectivity index (χ0) is 24.4. The lowest BCUT2D eigenvalue weighted by molar-refractivity contribution is 0.102. The molecular formula is C26H28BrN5O2. The van der Waals surface area contributed by atoms with Crippen LogP contribution in [-0.4, -0.2) is 41.1 Å². The Morgan fingerprint density at radius 3 is 2.26 bits per heavy atom. The Balaban J connectivity index is 1.63. The SMILES string of the molecule is CCN(CC)c1ccc(-n2nc3cc(C)c(NC(=O)c4cc(Br)cc(C)c4OC)cc3n2)cc1. The molecule has 0 bridgehead atoms. The van der Waals surface area contributed by atoms with E-state index in [0.717, 1.165) is 39.9 Å². The number of aryl methyl sites for hydroxylation is 2. The number of anilines is 2. The summed E-state index contributed by atoms with van der Waals surface area (Å²) in [5.41, 5.74) is 6.44. The molecule has 0 aliphatic heterocycles. The van der Waals surface area contributed by atoms with Gasteiger partial charge in [-0.3, -0.25) is 4.79 Å². The summed E-state index contributed by atoms with van der Waals surface area (Å²) in [6, 6.07) is 15.7. The molecule has 8 heteroatoms. The number of nitrogens with one attached hydrogen (secondary N) is 1. The molecule has 1 amide bonds. The number of nitrogens with zero attached hydrogens (tertiary/aromatic N) is 4. The van der Waals surface area contributed by atoms with Crippen LogP contribution in [0.2, 0.25) is 0 Å². The maximum absolute atomic E-state index is 13.1. The number of methoxy groups -OCH3 is 1. The van der Waals surface area contributed by atoms with Crippen molar-refractivity contribution in [2.75, 3.05) is 30.4 Å². The molecule has 0 unspecified atom stereocenters. The number of carbonyl (C=O) groups is 1. The van der Waals surface area contributed by atoms with Crippen LogP contribution in [-0.2, 0) is 0 Å². The summed E-state index contributed by atoms with van der Waals surface area (Å²) in [7, 11) is 1.57. The molecule has 0 aliphatic rings. The van der Waals surface area contributed by atoms with Gasteiger partial charge in [-0.1, -0.05) is 15.9 Å². The van der Waals surface area contributed by atoms with Crippen molar-refractivity contribution in [2.24, 2.45) is 0 Å². The van der Waals surface area contributed by atoms with Crippen molar-refractivity contribution in [2.45, 2.75) is 27.7 Å². The number of aromatic nitrogens is 3. The summed E-state index contributed by atoms with van der Waals surface area (Å²) >= 11 is 3.46. The predicted octanol–water partition coefficient (Wildman–Crippen LogP) is 5.91. The smallest absolute Gasteiger partial charge is 0.259 e. The van der Waals surface area contributed by atoms with E-state index in [1.54, 1.807) is 18.0 Å². The summed E-state index contributed by atoms with van der Waals surface area (Å²) in [4.78, 5) is 17.0. The average molecular weight is 522 g/mol. The van der Waals surface area contributed by atoms with E-state index < -0.39 is 0 Å². The molecule has 1 aromatic heterocycles. The van der Waals surface area contributed by atoms with E-state index in [2.05, 4.69) is 62.3 Å². The van der Waals surface area contributed by atoms with Gasteiger partial charge < -0.3 is 15.0 Å². The van der Waals surface area contributed by atoms with Crippen LogP contribution >= 0.6 is 15.9 Å². The van der Waals surface area contributed by atoms with Crippen molar-refractivity contribution in [3.8, 4) is 11.4 Å². The molecule has 0 atom stereocenters. The van der Waals surface area contributed by atoms with E-state index in [1.165, 1.54) is 5.69 Å². The number of rotatable bonds is 7. The van der Waals surface area contributed by atoms with Gasteiger partial charge in [0, 0.05) is 28.9 Å². The molecule has 0 spiro atoms. The molecule has 0 aliphatic carbocycles. The molecule has 0 radical (unpaired) electrons. The highest BCUT2D eigenvalue weighted by Crippen LogP contribution is 2.30. The lowest BCUT2D eigenvalue weighted by Gasteiger charge is -2.20. The Morgan fingerprint density at radius 2 is 1.65 bits per heavy atom. The Bertz CT molecular complexity index is 1340. The van der Waals surface area contributed by atoms with Crippen molar-refractivity contribution >= 4 is 44.2 Å². The standard InChI is InChI=1S/C26H28BrN5O2/c1-6-31(7-2)19-8-10-20(11-9-19)32-29-23-13-16(3)22(15-24(23)30-32)28-26(33)21-14-18(27)12-17(4)25(21)34-5/h8-15H,6-7H2,1-5H3,(H,28,33). The van der Waals surface area contributed by atoms with Crippen LogP contribution in [0.3, 0.4) is 0 Å². The third-order valence-corrected chi connectivity index (χ3v) is 6.33. The third-order valence-electron chi connectivity index (χ3n) is 5.87. The second kappa shape index (κ2) is 9.85. The minimum absolute atomic E-state index is 0.247. The van der Waals surface area contributed by atoms with E-state index in [4.69, 9.17) is 4.74 Å². The number of fused-ring (bicyclic) bond motifs is 1. The summed E-state index contributed by atoms with van der Waals surface area (Å²) < 4.78 is 6.29. The first-order chi connectivity index (χ1) is 16.3. The molecule has 7 nitrogen and oxygen atoms in total. The highest BCUT2D eigenvalue weighted by Gasteiger charge is 2.18. The lowest BCUT2D eigenvalue weighted by atomic mass is 10.1. The lowest BCUT2D eigenvalue weighted by Crippen LogP contribution is -2.21. The quantitative estimate of drug-likeness (QED) is 0.327. The summed E-state index contributed by atoms with van der Waals surface area (Å²) in [5, 5.41) is 12.3. The molecule has 1 N–H and O–H groups in total. The highest BCUT2D eigenvalue weighted by atomic mass is 79.9. The molecule has 1 heterocycles. The van der Waals surface area contributed by atoms with Crippen LogP contribution in [0.1, 0.15) is 35.3 Å². The topological polar surface area (TPSA) is 72.3 Å². The van der Waals surface area contributed by atoms with Crippen LogP contribution in [0.5, 0.6) is 5.75 Å². The second-order valence-electron chi connectivity index (χ2n) is 8.09. The molecule has 34 heavy (non-hydrogen) atoms. The zero-order valence-electron chi connectivity index (χ0n) is 20.0. The van der Waals surface area contributed by atoms with Crippen molar-refractivity contribution in [3.63, 3.8) is 0 Å². The normalized spacial score (nSPS) is 11.0. The summed E-state index contributed by atoms with van der Waals surface area (Å²) in [6.45, 7) is 10.1. The molecule has 4 rings (SSSR count).